The van der Waals surface area contributed by atoms with Crippen LogP contribution in [0.2, 0.25) is 5.02 Å². The Balaban J connectivity index is 1.66. The molecule has 0 fully saturated rings. The Hall–Kier alpha value is -5.18. The average molecular weight is 538 g/mol. The molecule has 0 radical (unpaired) electrons. The highest BCUT2D eigenvalue weighted by atomic mass is 35.5. The molecule has 0 spiro atoms. The van der Waals surface area contributed by atoms with Crippen LogP contribution in [0.4, 0.5) is 11.5 Å². The minimum Gasteiger partial charge on any atom is -0.444 e. The van der Waals surface area contributed by atoms with Gasteiger partial charge in [-0.05, 0) is 34.6 Å². The second-order valence-corrected chi connectivity index (χ2v) is 8.34. The number of nitro groups is 1. The molecule has 1 atom stereocenters. The molecule has 3 heterocycles. The Labute approximate surface area is 217 Å². The molecule has 192 valence electrons. The van der Waals surface area contributed by atoms with Crippen LogP contribution in [0.15, 0.2) is 58.3 Å². The second-order valence-electron chi connectivity index (χ2n) is 7.91. The molecule has 0 bridgehead atoms. The number of halogens is 1. The van der Waals surface area contributed by atoms with Crippen LogP contribution in [-0.2, 0) is 14.3 Å². The first-order valence-corrected chi connectivity index (χ1v) is 11.2. The van der Waals surface area contributed by atoms with Crippen molar-refractivity contribution < 1.29 is 23.9 Å². The second kappa shape index (κ2) is 9.70. The summed E-state index contributed by atoms with van der Waals surface area (Å²) in [4.78, 5) is 35.1. The van der Waals surface area contributed by atoms with Gasteiger partial charge in [-0.3, -0.25) is 19.7 Å². The number of carbonyl (C=O) groups excluding carboxylic acids is 2. The van der Waals surface area contributed by atoms with E-state index in [0.29, 0.717) is 10.6 Å². The van der Waals surface area contributed by atoms with E-state index in [1.807, 2.05) is 0 Å². The highest BCUT2D eigenvalue weighted by molar-refractivity contribution is 6.30. The van der Waals surface area contributed by atoms with E-state index in [4.69, 9.17) is 21.0 Å². The molecule has 4 aromatic rings. The van der Waals surface area contributed by atoms with Crippen molar-refractivity contribution in [3.63, 3.8) is 0 Å². The van der Waals surface area contributed by atoms with Gasteiger partial charge >= 0.3 is 0 Å². The van der Waals surface area contributed by atoms with Crippen LogP contribution in [0, 0.1) is 10.1 Å². The van der Waals surface area contributed by atoms with Gasteiger partial charge in [-0.25, -0.2) is 4.63 Å². The molecule has 0 saturated carbocycles. The fraction of sp³-hybridized carbons (Fsp3) is 0.136. The third-order valence-corrected chi connectivity index (χ3v) is 5.54. The number of ether oxygens (including phenoxy) is 1. The van der Waals surface area contributed by atoms with Crippen LogP contribution in [-0.4, -0.2) is 53.0 Å². The van der Waals surface area contributed by atoms with Gasteiger partial charge in [0.1, 0.15) is 5.69 Å². The van der Waals surface area contributed by atoms with E-state index in [1.54, 1.807) is 30.3 Å². The zero-order valence-corrected chi connectivity index (χ0v) is 20.4. The number of nitrogens with zero attached hydrogens (tertiary/aromatic N) is 8. The van der Waals surface area contributed by atoms with Crippen molar-refractivity contribution in [1.82, 2.24) is 30.3 Å². The number of nitrogens with one attached hydrogen (secondary N) is 1. The third-order valence-electron chi connectivity index (χ3n) is 5.28. The van der Waals surface area contributed by atoms with Gasteiger partial charge in [-0.1, -0.05) is 28.9 Å². The predicted octanol–water partition coefficient (Wildman–Crippen LogP) is 3.08. The molecule has 2 aromatic heterocycles. The third kappa shape index (κ3) is 4.53. The molecule has 0 saturated heterocycles. The largest absolute Gasteiger partial charge is 0.444 e. The fourth-order valence-corrected chi connectivity index (χ4v) is 3.79. The topological polar surface area (TPSA) is 184 Å². The van der Waals surface area contributed by atoms with Gasteiger partial charge in [0.2, 0.25) is 35.6 Å². The van der Waals surface area contributed by atoms with Crippen molar-refractivity contribution in [2.75, 3.05) is 5.32 Å². The number of aromatic nitrogens is 5. The predicted molar refractivity (Wildman–Crippen MR) is 130 cm³/mol. The lowest BCUT2D eigenvalue weighted by Crippen LogP contribution is -2.26. The van der Waals surface area contributed by atoms with Gasteiger partial charge < -0.3 is 10.1 Å². The van der Waals surface area contributed by atoms with E-state index < -0.39 is 23.0 Å². The van der Waals surface area contributed by atoms with Crippen LogP contribution in [0.1, 0.15) is 31.3 Å². The average Bonchev–Trinajstić information content (AvgIpc) is 3.62. The van der Waals surface area contributed by atoms with Crippen molar-refractivity contribution in [3.05, 3.63) is 74.9 Å². The smallest absolute Gasteiger partial charge is 0.270 e. The molecule has 1 N–H and O–H groups in total. The zero-order valence-electron chi connectivity index (χ0n) is 19.6. The summed E-state index contributed by atoms with van der Waals surface area (Å²) < 4.78 is 12.0. The van der Waals surface area contributed by atoms with Crippen LogP contribution in [0.5, 0.6) is 0 Å². The van der Waals surface area contributed by atoms with Gasteiger partial charge in [0.15, 0.2) is 5.69 Å². The number of nitro benzene ring substituents is 1. The maximum absolute atomic E-state index is 12.6. The van der Waals surface area contributed by atoms with Crippen LogP contribution in [0.25, 0.3) is 17.1 Å². The highest BCUT2D eigenvalue weighted by Gasteiger charge is 2.39. The van der Waals surface area contributed by atoms with E-state index in [9.17, 15) is 19.7 Å². The number of hydrogen-bond acceptors (Lipinski definition) is 11. The molecule has 1 aliphatic rings. The van der Waals surface area contributed by atoms with Gasteiger partial charge in [-0.15, -0.1) is 10.2 Å². The summed E-state index contributed by atoms with van der Waals surface area (Å²) in [5.74, 6) is -0.952. The Morgan fingerprint density at radius 1 is 1.11 bits per heavy atom. The number of hydrazone groups is 1. The van der Waals surface area contributed by atoms with E-state index in [2.05, 4.69) is 31.0 Å². The number of carbonyl (C=O) groups is 2. The number of non-ortho nitro benzene ring substituents is 1. The summed E-state index contributed by atoms with van der Waals surface area (Å²) in [6.45, 7) is 2.55. The lowest BCUT2D eigenvalue weighted by Gasteiger charge is -2.18. The van der Waals surface area contributed by atoms with E-state index in [-0.39, 0.29) is 40.2 Å². The summed E-state index contributed by atoms with van der Waals surface area (Å²) in [5, 5.41) is 35.6. The van der Waals surface area contributed by atoms with E-state index >= 15 is 0 Å². The van der Waals surface area contributed by atoms with Crippen LogP contribution < -0.4 is 5.32 Å². The summed E-state index contributed by atoms with van der Waals surface area (Å²) in [5.41, 5.74) is 0.838. The molecule has 0 unspecified atom stereocenters. The number of rotatable bonds is 6. The van der Waals surface area contributed by atoms with Crippen molar-refractivity contribution in [1.29, 1.82) is 0 Å². The van der Waals surface area contributed by atoms with Crippen molar-refractivity contribution >= 4 is 40.8 Å². The molecule has 2 aromatic carbocycles. The molecule has 15 nitrogen and oxygen atoms in total. The van der Waals surface area contributed by atoms with Gasteiger partial charge in [-0.2, -0.15) is 9.69 Å². The Bertz CT molecular complexity index is 1600. The number of benzene rings is 2. The first-order valence-electron chi connectivity index (χ1n) is 10.8. The Morgan fingerprint density at radius 3 is 2.55 bits per heavy atom. The number of anilines is 1. The van der Waals surface area contributed by atoms with Crippen LogP contribution in [0.3, 0.4) is 0 Å². The first kappa shape index (κ1) is 24.5. The first-order chi connectivity index (χ1) is 18.2. The molecule has 16 heteroatoms. The van der Waals surface area contributed by atoms with E-state index in [0.717, 1.165) is 9.69 Å². The summed E-state index contributed by atoms with van der Waals surface area (Å²) in [6, 6.07) is 12.3. The molecule has 38 heavy (non-hydrogen) atoms. The minimum atomic E-state index is -1.20. The summed E-state index contributed by atoms with van der Waals surface area (Å²) >= 11 is 5.98. The van der Waals surface area contributed by atoms with E-state index in [1.165, 1.54) is 32.0 Å². The molecule has 1 aliphatic heterocycles. The molecule has 5 rings (SSSR count). The number of amides is 2. The molecular formula is C22H16ClN9O6. The van der Waals surface area contributed by atoms with Gasteiger partial charge in [0, 0.05) is 42.1 Å². The van der Waals surface area contributed by atoms with Gasteiger partial charge in [0.25, 0.3) is 5.69 Å². The highest BCUT2D eigenvalue weighted by Crippen LogP contribution is 2.37. The Morgan fingerprint density at radius 2 is 1.87 bits per heavy atom. The SMILES string of the molecule is CC(=O)Nc1nonc1-n1nnc([C@H]2OC(c3ccc(Cl)cc3)=NN2C(C)=O)c1-c1cccc([N+](=O)[O-])c1. The molecular weight excluding hydrogens is 522 g/mol. The Kier molecular flexibility index (Phi) is 6.26. The lowest BCUT2D eigenvalue weighted by molar-refractivity contribution is -0.384. The van der Waals surface area contributed by atoms with Crippen LogP contribution >= 0.6 is 11.6 Å². The fourth-order valence-electron chi connectivity index (χ4n) is 3.67. The van der Waals surface area contributed by atoms with Crippen molar-refractivity contribution in [2.45, 2.75) is 20.1 Å². The number of hydrogen-bond donors (Lipinski definition) is 1. The maximum atomic E-state index is 12.6. The zero-order chi connectivity index (χ0) is 27.0. The van der Waals surface area contributed by atoms with Crippen molar-refractivity contribution in [3.8, 4) is 17.1 Å². The maximum Gasteiger partial charge on any atom is 0.270 e. The normalized spacial score (nSPS) is 14.7. The summed E-state index contributed by atoms with van der Waals surface area (Å²) in [7, 11) is 0. The quantitative estimate of drug-likeness (QED) is 0.283. The molecule has 0 aliphatic carbocycles. The molecule has 2 amide bonds. The van der Waals surface area contributed by atoms with Crippen molar-refractivity contribution in [2.24, 2.45) is 5.10 Å². The minimum absolute atomic E-state index is 0.0633. The van der Waals surface area contributed by atoms with Gasteiger partial charge in [0.05, 0.1) is 4.92 Å². The lowest BCUT2D eigenvalue weighted by atomic mass is 10.1. The monoisotopic (exact) mass is 537 g/mol. The summed E-state index contributed by atoms with van der Waals surface area (Å²) in [6.07, 6.45) is -1.20. The standard InChI is InChI=1S/C22H16ClN9O6/c1-11(33)24-19-20(28-38-27-19)31-18(14-4-3-5-16(10-14)32(35)36)17(25-29-31)22-30(12(2)34)26-21(37-22)13-6-8-15(23)9-7-13/h3-10,22H,1-2H3,(H,24,27,33)/t22-/m1/s1.